The van der Waals surface area contributed by atoms with Crippen LogP contribution in [0.15, 0.2) is 121 Å². The average Bonchev–Trinajstić information content (AvgIpc) is 2.80. The molecular formula is C24H21O2Si2. The van der Waals surface area contributed by atoms with E-state index in [1.54, 1.807) is 0 Å². The summed E-state index contributed by atoms with van der Waals surface area (Å²) in [6.07, 6.45) is 0. The van der Waals surface area contributed by atoms with E-state index in [1.165, 1.54) is 0 Å². The summed E-state index contributed by atoms with van der Waals surface area (Å²) in [7, 11) is -5.02. The van der Waals surface area contributed by atoms with Crippen LogP contribution in [-0.4, -0.2) is 22.4 Å². The van der Waals surface area contributed by atoms with Gasteiger partial charge in [-0.05, 0) is 20.7 Å². The molecule has 4 heteroatoms. The van der Waals surface area contributed by atoms with Crippen molar-refractivity contribution in [2.24, 2.45) is 0 Å². The largest absolute Gasteiger partial charge is 0.422 e. The van der Waals surface area contributed by atoms with Gasteiger partial charge in [0.2, 0.25) is 0 Å². The van der Waals surface area contributed by atoms with Crippen molar-refractivity contribution < 1.29 is 8.91 Å². The zero-order valence-corrected chi connectivity index (χ0v) is 17.4. The number of benzene rings is 4. The summed E-state index contributed by atoms with van der Waals surface area (Å²) < 4.78 is 6.78. The van der Waals surface area contributed by atoms with Crippen LogP contribution in [0.25, 0.3) is 0 Å². The molecule has 0 amide bonds. The lowest BCUT2D eigenvalue weighted by molar-refractivity contribution is 0.421. The van der Waals surface area contributed by atoms with E-state index in [4.69, 9.17) is 4.12 Å². The Balaban J connectivity index is 1.84. The van der Waals surface area contributed by atoms with Crippen molar-refractivity contribution in [1.82, 2.24) is 0 Å². The fourth-order valence-corrected chi connectivity index (χ4v) is 9.24. The first kappa shape index (κ1) is 18.6. The molecule has 0 bridgehead atoms. The van der Waals surface area contributed by atoms with Gasteiger partial charge >= 0.3 is 8.56 Å². The van der Waals surface area contributed by atoms with Gasteiger partial charge in [-0.1, -0.05) is 121 Å². The van der Waals surface area contributed by atoms with Crippen LogP contribution in [0.1, 0.15) is 0 Å². The first-order valence-electron chi connectivity index (χ1n) is 9.27. The third-order valence-corrected chi connectivity index (χ3v) is 10.6. The van der Waals surface area contributed by atoms with Gasteiger partial charge in [0.25, 0.3) is 9.04 Å². The number of hydrogen-bond donors (Lipinski definition) is 1. The van der Waals surface area contributed by atoms with Crippen molar-refractivity contribution in [3.8, 4) is 0 Å². The van der Waals surface area contributed by atoms with Crippen molar-refractivity contribution in [1.29, 1.82) is 0 Å². The summed E-state index contributed by atoms with van der Waals surface area (Å²) in [4.78, 5) is 12.0. The molecule has 0 heterocycles. The fourth-order valence-electron chi connectivity index (χ4n) is 3.22. The quantitative estimate of drug-likeness (QED) is 0.505. The predicted molar refractivity (Wildman–Crippen MR) is 119 cm³/mol. The van der Waals surface area contributed by atoms with E-state index in [1.807, 2.05) is 97.1 Å². The zero-order valence-electron chi connectivity index (χ0n) is 15.4. The summed E-state index contributed by atoms with van der Waals surface area (Å²) in [5, 5.41) is 3.96. The summed E-state index contributed by atoms with van der Waals surface area (Å²) in [5.41, 5.74) is 0. The molecule has 0 aromatic heterocycles. The molecule has 0 aliphatic rings. The molecule has 0 aliphatic carbocycles. The Morgan fingerprint density at radius 3 is 1.18 bits per heavy atom. The SMILES string of the molecule is O[Si](O[Si](c1ccccc1)c1ccccc1)(c1ccccc1)c1ccccc1. The molecule has 0 unspecified atom stereocenters. The highest BCUT2D eigenvalue weighted by atomic mass is 28.4. The molecule has 2 nitrogen and oxygen atoms in total. The van der Waals surface area contributed by atoms with Crippen molar-refractivity contribution in [2.75, 3.05) is 0 Å². The molecule has 0 saturated heterocycles. The smallest absolute Gasteiger partial charge is 0.394 e. The van der Waals surface area contributed by atoms with Crippen LogP contribution in [0.3, 0.4) is 0 Å². The molecule has 1 radical (unpaired) electrons. The Labute approximate surface area is 168 Å². The third-order valence-electron chi connectivity index (χ3n) is 4.65. The lowest BCUT2D eigenvalue weighted by atomic mass is 10.4. The highest BCUT2D eigenvalue weighted by Gasteiger charge is 2.42. The molecule has 4 rings (SSSR count). The van der Waals surface area contributed by atoms with E-state index in [9.17, 15) is 4.80 Å². The normalized spacial score (nSPS) is 11.5. The second-order valence-electron chi connectivity index (χ2n) is 6.54. The molecule has 0 saturated carbocycles. The molecule has 4 aromatic carbocycles. The topological polar surface area (TPSA) is 29.5 Å². The first-order valence-corrected chi connectivity index (χ1v) is 12.5. The summed E-state index contributed by atoms with van der Waals surface area (Å²) in [6, 6.07) is 40.1. The molecular weight excluding hydrogens is 376 g/mol. The van der Waals surface area contributed by atoms with Crippen LogP contribution in [0.5, 0.6) is 0 Å². The molecule has 1 N–H and O–H groups in total. The fraction of sp³-hybridized carbons (Fsp3) is 0. The van der Waals surface area contributed by atoms with E-state index in [0.29, 0.717) is 0 Å². The highest BCUT2D eigenvalue weighted by Crippen LogP contribution is 2.08. The lowest BCUT2D eigenvalue weighted by Gasteiger charge is -2.30. The second kappa shape index (κ2) is 8.50. The van der Waals surface area contributed by atoms with Gasteiger partial charge in [-0.2, -0.15) is 0 Å². The Hall–Kier alpha value is -2.77. The molecule has 28 heavy (non-hydrogen) atoms. The Morgan fingerprint density at radius 2 is 0.821 bits per heavy atom. The maximum absolute atomic E-state index is 12.0. The molecule has 0 aliphatic heterocycles. The van der Waals surface area contributed by atoms with Crippen LogP contribution in [-0.2, 0) is 4.12 Å². The first-order chi connectivity index (χ1) is 13.8. The Kier molecular flexibility index (Phi) is 5.64. The Morgan fingerprint density at radius 1 is 0.500 bits per heavy atom. The van der Waals surface area contributed by atoms with Crippen LogP contribution < -0.4 is 20.7 Å². The van der Waals surface area contributed by atoms with Gasteiger partial charge in [0.15, 0.2) is 0 Å². The van der Waals surface area contributed by atoms with Crippen molar-refractivity contribution in [2.45, 2.75) is 0 Å². The zero-order chi connectivity index (χ0) is 19.2. The van der Waals surface area contributed by atoms with E-state index in [2.05, 4.69) is 24.3 Å². The van der Waals surface area contributed by atoms with Crippen LogP contribution >= 0.6 is 0 Å². The minimum Gasteiger partial charge on any atom is -0.422 e. The molecule has 137 valence electrons. The van der Waals surface area contributed by atoms with Gasteiger partial charge in [0.1, 0.15) is 0 Å². The maximum atomic E-state index is 12.0. The summed E-state index contributed by atoms with van der Waals surface area (Å²) in [6.45, 7) is 0. The molecule has 4 aromatic rings. The highest BCUT2D eigenvalue weighted by molar-refractivity contribution is 6.98. The maximum Gasteiger partial charge on any atom is 0.394 e. The van der Waals surface area contributed by atoms with Crippen LogP contribution in [0, 0.1) is 0 Å². The van der Waals surface area contributed by atoms with Crippen LogP contribution in [0.2, 0.25) is 0 Å². The minimum absolute atomic E-state index is 0.857. The van der Waals surface area contributed by atoms with Crippen molar-refractivity contribution >= 4 is 38.3 Å². The van der Waals surface area contributed by atoms with E-state index < -0.39 is 17.6 Å². The van der Waals surface area contributed by atoms with Crippen LogP contribution in [0.4, 0.5) is 0 Å². The van der Waals surface area contributed by atoms with Gasteiger partial charge in [-0.3, -0.25) is 0 Å². The molecule has 0 atom stereocenters. The number of hydrogen-bond acceptors (Lipinski definition) is 2. The van der Waals surface area contributed by atoms with Gasteiger partial charge in [-0.15, -0.1) is 0 Å². The standard InChI is InChI=1S/C24H21O2Si2/c25-28(23-17-9-3-10-18-23,24-19-11-4-12-20-24)26-27(21-13-5-1-6-14-21)22-15-7-2-8-16-22/h1-20,25H. The second-order valence-corrected chi connectivity index (χ2v) is 11.6. The van der Waals surface area contributed by atoms with Crippen molar-refractivity contribution in [3.05, 3.63) is 121 Å². The number of rotatable bonds is 6. The predicted octanol–water partition coefficient (Wildman–Crippen LogP) is 2.06. The van der Waals surface area contributed by atoms with Gasteiger partial charge in [-0.25, -0.2) is 0 Å². The van der Waals surface area contributed by atoms with Gasteiger partial charge < -0.3 is 8.91 Å². The minimum atomic E-state index is -3.39. The monoisotopic (exact) mass is 397 g/mol. The molecule has 0 fully saturated rings. The van der Waals surface area contributed by atoms with Gasteiger partial charge in [0, 0.05) is 0 Å². The van der Waals surface area contributed by atoms with E-state index in [0.717, 1.165) is 20.7 Å². The summed E-state index contributed by atoms with van der Waals surface area (Å²) in [5.74, 6) is 0. The van der Waals surface area contributed by atoms with E-state index >= 15 is 0 Å². The summed E-state index contributed by atoms with van der Waals surface area (Å²) >= 11 is 0. The van der Waals surface area contributed by atoms with Gasteiger partial charge in [0.05, 0.1) is 0 Å². The van der Waals surface area contributed by atoms with Crippen molar-refractivity contribution in [3.63, 3.8) is 0 Å². The third kappa shape index (κ3) is 3.90. The average molecular weight is 398 g/mol. The lowest BCUT2D eigenvalue weighted by Crippen LogP contribution is -2.67. The molecule has 0 spiro atoms. The Bertz CT molecular complexity index is 915. The van der Waals surface area contributed by atoms with E-state index in [-0.39, 0.29) is 0 Å².